The average Bonchev–Trinajstić information content (AvgIpc) is 2.90. The van der Waals surface area contributed by atoms with E-state index in [1.807, 2.05) is 54.1 Å². The molecule has 1 aromatic carbocycles. The van der Waals surface area contributed by atoms with Crippen LogP contribution < -0.4 is 5.43 Å². The van der Waals surface area contributed by atoms with Gasteiger partial charge in [-0.25, -0.2) is 10.4 Å². The summed E-state index contributed by atoms with van der Waals surface area (Å²) in [5.41, 5.74) is 5.15. The highest BCUT2D eigenvalue weighted by Gasteiger charge is 2.09. The Morgan fingerprint density at radius 3 is 2.91 bits per heavy atom. The number of aromatic nitrogens is 3. The number of rotatable bonds is 5. The normalized spacial score (nSPS) is 11.2. The fraction of sp³-hybridized carbons (Fsp3) is 0.125. The average molecular weight is 325 g/mol. The third kappa shape index (κ3) is 3.75. The van der Waals surface area contributed by atoms with E-state index in [-0.39, 0.29) is 11.7 Å². The quantitative estimate of drug-likeness (QED) is 0.443. The van der Waals surface area contributed by atoms with Crippen molar-refractivity contribution in [3.05, 3.63) is 54.4 Å². The number of hydrogen-bond donors (Lipinski definition) is 1. The van der Waals surface area contributed by atoms with E-state index < -0.39 is 0 Å². The molecular weight excluding hydrogens is 310 g/mol. The van der Waals surface area contributed by atoms with Crippen LogP contribution in [0.2, 0.25) is 0 Å². The van der Waals surface area contributed by atoms with Gasteiger partial charge in [-0.15, -0.1) is 0 Å². The number of pyridine rings is 1. The summed E-state index contributed by atoms with van der Waals surface area (Å²) >= 11 is 1.38. The minimum atomic E-state index is -0.186. The van der Waals surface area contributed by atoms with E-state index in [0.717, 1.165) is 16.2 Å². The molecule has 0 saturated heterocycles. The van der Waals surface area contributed by atoms with Crippen molar-refractivity contribution in [2.75, 3.05) is 5.75 Å². The van der Waals surface area contributed by atoms with Gasteiger partial charge in [-0.3, -0.25) is 9.78 Å². The Bertz CT molecular complexity index is 844. The molecule has 0 unspecified atom stereocenters. The molecule has 0 saturated carbocycles. The summed E-state index contributed by atoms with van der Waals surface area (Å²) in [4.78, 5) is 20.4. The summed E-state index contributed by atoms with van der Waals surface area (Å²) in [7, 11) is 1.94. The number of carbonyl (C=O) groups is 1. The Morgan fingerprint density at radius 2 is 2.13 bits per heavy atom. The molecule has 0 aliphatic heterocycles. The first-order valence-corrected chi connectivity index (χ1v) is 8.00. The SMILES string of the molecule is Cn1c(SCC(=O)N/N=C\c2ccccn2)nc2ccccc21. The van der Waals surface area contributed by atoms with Crippen LogP contribution in [0.5, 0.6) is 0 Å². The molecule has 0 spiro atoms. The van der Waals surface area contributed by atoms with Crippen molar-refractivity contribution < 1.29 is 4.79 Å². The van der Waals surface area contributed by atoms with Crippen molar-refractivity contribution in [2.45, 2.75) is 5.16 Å². The Morgan fingerprint density at radius 1 is 1.30 bits per heavy atom. The molecule has 0 aliphatic carbocycles. The van der Waals surface area contributed by atoms with Crippen molar-refractivity contribution in [2.24, 2.45) is 12.1 Å². The standard InChI is InChI=1S/C16H15N5OS/c1-21-14-8-3-2-7-13(14)19-16(21)23-11-15(22)20-18-10-12-6-4-5-9-17-12/h2-10H,11H2,1H3,(H,20,22)/b18-10-. The molecule has 3 rings (SSSR count). The number of aryl methyl sites for hydroxylation is 1. The van der Waals surface area contributed by atoms with Crippen molar-refractivity contribution in [1.29, 1.82) is 0 Å². The summed E-state index contributed by atoms with van der Waals surface area (Å²) in [5.74, 6) is 0.0609. The van der Waals surface area contributed by atoms with Gasteiger partial charge in [-0.05, 0) is 24.3 Å². The highest BCUT2D eigenvalue weighted by atomic mass is 32.2. The molecule has 7 heteroatoms. The molecule has 0 aliphatic rings. The lowest BCUT2D eigenvalue weighted by Crippen LogP contribution is -2.20. The number of fused-ring (bicyclic) bond motifs is 1. The summed E-state index contributed by atoms with van der Waals surface area (Å²) in [5, 5.41) is 4.69. The number of hydrazone groups is 1. The van der Waals surface area contributed by atoms with Crippen molar-refractivity contribution >= 4 is 34.9 Å². The lowest BCUT2D eigenvalue weighted by Gasteiger charge is -2.01. The minimum absolute atomic E-state index is 0.186. The van der Waals surface area contributed by atoms with Gasteiger partial charge in [-0.1, -0.05) is 30.0 Å². The number of para-hydroxylation sites is 2. The molecule has 6 nitrogen and oxygen atoms in total. The van der Waals surface area contributed by atoms with Crippen LogP contribution in [0.4, 0.5) is 0 Å². The maximum absolute atomic E-state index is 11.8. The largest absolute Gasteiger partial charge is 0.322 e. The molecule has 2 heterocycles. The zero-order chi connectivity index (χ0) is 16.1. The fourth-order valence-electron chi connectivity index (χ4n) is 2.04. The van der Waals surface area contributed by atoms with E-state index >= 15 is 0 Å². The number of nitrogens with one attached hydrogen (secondary N) is 1. The zero-order valence-electron chi connectivity index (χ0n) is 12.5. The topological polar surface area (TPSA) is 72.2 Å². The number of nitrogens with zero attached hydrogens (tertiary/aromatic N) is 4. The van der Waals surface area contributed by atoms with Crippen LogP contribution in [0.25, 0.3) is 11.0 Å². The van der Waals surface area contributed by atoms with Gasteiger partial charge in [0.15, 0.2) is 5.16 Å². The summed E-state index contributed by atoms with van der Waals surface area (Å²) < 4.78 is 1.98. The summed E-state index contributed by atoms with van der Waals surface area (Å²) in [6, 6.07) is 13.4. The fourth-order valence-corrected chi connectivity index (χ4v) is 2.82. The molecule has 0 radical (unpaired) electrons. The van der Waals surface area contributed by atoms with Gasteiger partial charge in [0.1, 0.15) is 0 Å². The Balaban J connectivity index is 1.56. The molecule has 1 N–H and O–H groups in total. The van der Waals surface area contributed by atoms with Gasteiger partial charge < -0.3 is 4.57 Å². The predicted molar refractivity (Wildman–Crippen MR) is 91.4 cm³/mol. The minimum Gasteiger partial charge on any atom is -0.322 e. The van der Waals surface area contributed by atoms with Crippen molar-refractivity contribution in [3.8, 4) is 0 Å². The van der Waals surface area contributed by atoms with Crippen molar-refractivity contribution in [1.82, 2.24) is 20.0 Å². The van der Waals surface area contributed by atoms with Gasteiger partial charge in [0.05, 0.1) is 28.7 Å². The molecule has 3 aromatic rings. The summed E-state index contributed by atoms with van der Waals surface area (Å²) in [6.07, 6.45) is 3.18. The third-order valence-corrected chi connectivity index (χ3v) is 4.18. The molecule has 2 aromatic heterocycles. The molecule has 116 valence electrons. The summed E-state index contributed by atoms with van der Waals surface area (Å²) in [6.45, 7) is 0. The molecule has 1 amide bonds. The zero-order valence-corrected chi connectivity index (χ0v) is 13.3. The first-order chi connectivity index (χ1) is 11.2. The number of imidazole rings is 1. The van der Waals surface area contributed by atoms with E-state index in [2.05, 4.69) is 20.5 Å². The van der Waals surface area contributed by atoms with E-state index in [1.165, 1.54) is 18.0 Å². The first kappa shape index (κ1) is 15.2. The number of benzene rings is 1. The Labute approximate surface area is 137 Å². The second kappa shape index (κ2) is 7.06. The van der Waals surface area contributed by atoms with Crippen molar-refractivity contribution in [3.63, 3.8) is 0 Å². The van der Waals surface area contributed by atoms with Crippen LogP contribution in [0.3, 0.4) is 0 Å². The van der Waals surface area contributed by atoms with Gasteiger partial charge in [0, 0.05) is 13.2 Å². The molecular formula is C16H15N5OS. The molecule has 23 heavy (non-hydrogen) atoms. The lowest BCUT2D eigenvalue weighted by molar-refractivity contribution is -0.118. The molecule has 0 atom stereocenters. The molecule has 0 fully saturated rings. The van der Waals surface area contributed by atoms with E-state index in [9.17, 15) is 4.79 Å². The van der Waals surface area contributed by atoms with Crippen LogP contribution in [-0.2, 0) is 11.8 Å². The Hall–Kier alpha value is -2.67. The monoisotopic (exact) mass is 325 g/mol. The van der Waals surface area contributed by atoms with Gasteiger partial charge in [0.2, 0.25) is 0 Å². The number of carbonyl (C=O) groups excluding carboxylic acids is 1. The van der Waals surface area contributed by atoms with Gasteiger partial charge >= 0.3 is 0 Å². The third-order valence-electron chi connectivity index (χ3n) is 3.15. The second-order valence-electron chi connectivity index (χ2n) is 4.78. The first-order valence-electron chi connectivity index (χ1n) is 7.01. The number of hydrogen-bond acceptors (Lipinski definition) is 5. The highest BCUT2D eigenvalue weighted by Crippen LogP contribution is 2.22. The molecule has 0 bridgehead atoms. The predicted octanol–water partition coefficient (Wildman–Crippen LogP) is 2.21. The van der Waals surface area contributed by atoms with E-state index in [4.69, 9.17) is 0 Å². The van der Waals surface area contributed by atoms with Crippen LogP contribution >= 0.6 is 11.8 Å². The van der Waals surface area contributed by atoms with E-state index in [0.29, 0.717) is 5.69 Å². The second-order valence-corrected chi connectivity index (χ2v) is 5.72. The maximum atomic E-state index is 11.8. The smallest absolute Gasteiger partial charge is 0.250 e. The van der Waals surface area contributed by atoms with Gasteiger partial charge in [-0.2, -0.15) is 5.10 Å². The Kier molecular flexibility index (Phi) is 4.68. The van der Waals surface area contributed by atoms with Crippen LogP contribution in [0.1, 0.15) is 5.69 Å². The maximum Gasteiger partial charge on any atom is 0.250 e. The van der Waals surface area contributed by atoms with Crippen LogP contribution in [-0.4, -0.2) is 32.4 Å². The van der Waals surface area contributed by atoms with Gasteiger partial charge in [0.25, 0.3) is 5.91 Å². The van der Waals surface area contributed by atoms with Crippen LogP contribution in [0, 0.1) is 0 Å². The lowest BCUT2D eigenvalue weighted by atomic mass is 10.3. The van der Waals surface area contributed by atoms with Crippen LogP contribution in [0.15, 0.2) is 58.9 Å². The number of amides is 1. The highest BCUT2D eigenvalue weighted by molar-refractivity contribution is 7.99. The number of thioether (sulfide) groups is 1. The van der Waals surface area contributed by atoms with E-state index in [1.54, 1.807) is 6.20 Å².